The third-order valence-electron chi connectivity index (χ3n) is 0.917. The number of hydrazine groups is 1. The van der Waals surface area contributed by atoms with Crippen molar-refractivity contribution in [1.29, 1.82) is 0 Å². The van der Waals surface area contributed by atoms with Gasteiger partial charge in [0.1, 0.15) is 6.33 Å². The Hall–Kier alpha value is -1.31. The molecular weight excluding hydrogens is 163 g/mol. The monoisotopic (exact) mass is 167 g/mol. The molecule has 0 radical (unpaired) electrons. The molecule has 5 nitrogen and oxygen atoms in total. The molecular formula is C3H4F3N5. The number of nitrogens with two attached hydrogens (primary N) is 1. The first-order valence-corrected chi connectivity index (χ1v) is 2.49. The highest BCUT2D eigenvalue weighted by molar-refractivity contribution is 5.20. The first kappa shape index (κ1) is 7.79. The van der Waals surface area contributed by atoms with E-state index in [0.29, 0.717) is 0 Å². The molecule has 0 aliphatic heterocycles. The van der Waals surface area contributed by atoms with Crippen LogP contribution in [0, 0.1) is 0 Å². The summed E-state index contributed by atoms with van der Waals surface area (Å²) < 4.78 is 35.2. The summed E-state index contributed by atoms with van der Waals surface area (Å²) in [6.45, 7) is 0. The number of hydrogen-bond donors (Lipinski definition) is 2. The number of nitrogen functional groups attached to an aromatic ring is 1. The Bertz CT molecular complexity index is 239. The van der Waals surface area contributed by atoms with Gasteiger partial charge in [0.05, 0.1) is 0 Å². The van der Waals surface area contributed by atoms with Crippen molar-refractivity contribution in [3.63, 3.8) is 0 Å². The zero-order valence-electron chi connectivity index (χ0n) is 5.13. The lowest BCUT2D eigenvalue weighted by Gasteiger charge is -2.06. The summed E-state index contributed by atoms with van der Waals surface area (Å²) in [6, 6.07) is 0. The predicted octanol–water partition coefficient (Wildman–Crippen LogP) is 0.0400. The number of nitrogens with one attached hydrogen (secondary N) is 1. The third kappa shape index (κ3) is 1.40. The van der Waals surface area contributed by atoms with Crippen molar-refractivity contribution in [3.8, 4) is 0 Å². The molecule has 0 aliphatic rings. The fraction of sp³-hybridized carbons (Fsp3) is 0.333. The van der Waals surface area contributed by atoms with Crippen LogP contribution in [0.3, 0.4) is 0 Å². The van der Waals surface area contributed by atoms with E-state index < -0.39 is 12.2 Å². The van der Waals surface area contributed by atoms with E-state index in [1.54, 1.807) is 5.43 Å². The molecule has 1 heterocycles. The van der Waals surface area contributed by atoms with Crippen LogP contribution in [-0.4, -0.2) is 14.8 Å². The smallest absolute Gasteiger partial charge is 0.292 e. The summed E-state index contributed by atoms with van der Waals surface area (Å²) in [4.78, 5) is 3.20. The van der Waals surface area contributed by atoms with Gasteiger partial charge >= 0.3 is 6.30 Å². The standard InChI is InChI=1S/C3H4F3N5/c4-3(5,6)11-2(10-7)8-1-9-11/h1H,7H2,(H,8,9,10). The van der Waals surface area contributed by atoms with E-state index in [1.165, 1.54) is 0 Å². The van der Waals surface area contributed by atoms with Crippen LogP contribution >= 0.6 is 0 Å². The zero-order valence-corrected chi connectivity index (χ0v) is 5.13. The van der Waals surface area contributed by atoms with Crippen LogP contribution in [0.25, 0.3) is 0 Å². The molecule has 0 atom stereocenters. The highest BCUT2D eigenvalue weighted by atomic mass is 19.4. The molecule has 0 saturated carbocycles. The van der Waals surface area contributed by atoms with Crippen LogP contribution in [0.1, 0.15) is 0 Å². The van der Waals surface area contributed by atoms with Gasteiger partial charge in [-0.25, -0.2) is 5.84 Å². The zero-order chi connectivity index (χ0) is 8.48. The molecule has 1 aromatic rings. The molecule has 0 unspecified atom stereocenters. The minimum absolute atomic E-state index is 0.271. The first-order chi connectivity index (χ1) is 5.05. The number of anilines is 1. The van der Waals surface area contributed by atoms with Crippen LogP contribution in [0.15, 0.2) is 6.33 Å². The Kier molecular flexibility index (Phi) is 1.69. The van der Waals surface area contributed by atoms with Crippen LogP contribution in [0.4, 0.5) is 19.1 Å². The number of aromatic nitrogens is 3. The Morgan fingerprint density at radius 2 is 2.18 bits per heavy atom. The second-order valence-electron chi connectivity index (χ2n) is 1.61. The van der Waals surface area contributed by atoms with Crippen molar-refractivity contribution in [3.05, 3.63) is 6.33 Å². The quantitative estimate of drug-likeness (QED) is 0.457. The molecule has 0 fully saturated rings. The fourth-order valence-corrected chi connectivity index (χ4v) is 0.525. The number of halogens is 3. The SMILES string of the molecule is NNc1ncnn1C(F)(F)F. The third-order valence-corrected chi connectivity index (χ3v) is 0.917. The lowest BCUT2D eigenvalue weighted by molar-refractivity contribution is -0.210. The molecule has 0 aliphatic carbocycles. The second kappa shape index (κ2) is 2.38. The van der Waals surface area contributed by atoms with Crippen molar-refractivity contribution in [1.82, 2.24) is 14.8 Å². The highest BCUT2D eigenvalue weighted by Gasteiger charge is 2.34. The summed E-state index contributed by atoms with van der Waals surface area (Å²) in [5.41, 5.74) is 1.75. The molecule has 8 heteroatoms. The average Bonchev–Trinajstić information content (AvgIpc) is 2.31. The molecule has 11 heavy (non-hydrogen) atoms. The molecule has 0 bridgehead atoms. The fourth-order valence-electron chi connectivity index (χ4n) is 0.525. The van der Waals surface area contributed by atoms with E-state index >= 15 is 0 Å². The van der Waals surface area contributed by atoms with Crippen molar-refractivity contribution in [2.45, 2.75) is 6.30 Å². The largest absolute Gasteiger partial charge is 0.507 e. The minimum Gasteiger partial charge on any atom is -0.292 e. The number of alkyl halides is 3. The van der Waals surface area contributed by atoms with Crippen molar-refractivity contribution in [2.75, 3.05) is 5.43 Å². The maximum absolute atomic E-state index is 11.8. The van der Waals surface area contributed by atoms with E-state index in [1.807, 2.05) is 0 Å². The van der Waals surface area contributed by atoms with E-state index in [9.17, 15) is 13.2 Å². The molecule has 3 N–H and O–H groups in total. The van der Waals surface area contributed by atoms with Gasteiger partial charge in [0, 0.05) is 0 Å². The van der Waals surface area contributed by atoms with E-state index in [2.05, 4.69) is 10.1 Å². The molecule has 0 saturated heterocycles. The molecule has 0 spiro atoms. The highest BCUT2D eigenvalue weighted by Crippen LogP contribution is 2.23. The number of hydrogen-bond acceptors (Lipinski definition) is 4. The lowest BCUT2D eigenvalue weighted by atomic mass is 10.9. The van der Waals surface area contributed by atoms with Gasteiger partial charge in [-0.3, -0.25) is 5.43 Å². The summed E-state index contributed by atoms with van der Waals surface area (Å²) in [6.07, 6.45) is -3.83. The number of nitrogens with zero attached hydrogens (tertiary/aromatic N) is 3. The molecule has 1 aromatic heterocycles. The van der Waals surface area contributed by atoms with Gasteiger partial charge in [0.25, 0.3) is 0 Å². The van der Waals surface area contributed by atoms with Gasteiger partial charge in [-0.15, -0.1) is 17.9 Å². The Labute approximate surface area is 59.0 Å². The van der Waals surface area contributed by atoms with Crippen LogP contribution < -0.4 is 11.3 Å². The Balaban J connectivity index is 3.02. The molecule has 62 valence electrons. The molecule has 0 aromatic carbocycles. The van der Waals surface area contributed by atoms with Crippen molar-refractivity contribution in [2.24, 2.45) is 5.84 Å². The van der Waals surface area contributed by atoms with Crippen LogP contribution in [0.2, 0.25) is 0 Å². The molecule has 1 rings (SSSR count). The summed E-state index contributed by atoms with van der Waals surface area (Å²) in [7, 11) is 0. The predicted molar refractivity (Wildman–Crippen MR) is 29.1 cm³/mol. The van der Waals surface area contributed by atoms with E-state index in [-0.39, 0.29) is 4.68 Å². The van der Waals surface area contributed by atoms with Crippen molar-refractivity contribution >= 4 is 5.95 Å². The van der Waals surface area contributed by atoms with Gasteiger partial charge < -0.3 is 0 Å². The van der Waals surface area contributed by atoms with Gasteiger partial charge in [0.2, 0.25) is 5.95 Å². The van der Waals surface area contributed by atoms with Crippen LogP contribution in [0.5, 0.6) is 0 Å². The minimum atomic E-state index is -4.59. The van der Waals surface area contributed by atoms with Crippen molar-refractivity contribution < 1.29 is 13.2 Å². The van der Waals surface area contributed by atoms with Gasteiger partial charge in [-0.05, 0) is 0 Å². The Morgan fingerprint density at radius 1 is 1.55 bits per heavy atom. The second-order valence-corrected chi connectivity index (χ2v) is 1.61. The molecule has 0 amide bonds. The Morgan fingerprint density at radius 3 is 2.55 bits per heavy atom. The first-order valence-electron chi connectivity index (χ1n) is 2.49. The summed E-state index contributed by atoms with van der Waals surface area (Å²) in [5.74, 6) is 4.17. The topological polar surface area (TPSA) is 68.8 Å². The van der Waals surface area contributed by atoms with E-state index in [0.717, 1.165) is 6.33 Å². The number of rotatable bonds is 1. The average molecular weight is 167 g/mol. The van der Waals surface area contributed by atoms with Gasteiger partial charge in [-0.2, -0.15) is 10.1 Å². The summed E-state index contributed by atoms with van der Waals surface area (Å²) >= 11 is 0. The van der Waals surface area contributed by atoms with E-state index in [4.69, 9.17) is 5.84 Å². The maximum atomic E-state index is 11.8. The van der Waals surface area contributed by atoms with Gasteiger partial charge in [-0.1, -0.05) is 0 Å². The maximum Gasteiger partial charge on any atom is 0.507 e. The normalized spacial score (nSPS) is 11.6. The lowest BCUT2D eigenvalue weighted by Crippen LogP contribution is -2.23. The van der Waals surface area contributed by atoms with Gasteiger partial charge in [0.15, 0.2) is 0 Å². The van der Waals surface area contributed by atoms with Crippen LogP contribution in [-0.2, 0) is 6.30 Å². The summed E-state index contributed by atoms with van der Waals surface area (Å²) in [5, 5.41) is 2.90.